The molecule has 0 saturated heterocycles. The molecule has 2 aromatic heterocycles. The fourth-order valence-electron chi connectivity index (χ4n) is 5.61. The van der Waals surface area contributed by atoms with Crippen molar-refractivity contribution in [1.82, 2.24) is 19.3 Å². The van der Waals surface area contributed by atoms with Crippen molar-refractivity contribution < 1.29 is 18.8 Å². The van der Waals surface area contributed by atoms with Crippen molar-refractivity contribution >= 4 is 34.5 Å². The number of anilines is 2. The number of benzene rings is 3. The number of nitrogens with zero attached hydrogens (tertiary/aromatic N) is 5. The van der Waals surface area contributed by atoms with E-state index in [4.69, 9.17) is 9.47 Å². The van der Waals surface area contributed by atoms with Crippen LogP contribution in [-0.4, -0.2) is 56.7 Å². The van der Waals surface area contributed by atoms with Crippen molar-refractivity contribution in [2.75, 3.05) is 37.1 Å². The molecule has 0 fully saturated rings. The monoisotopic (exact) mass is 708 g/mol. The molecule has 11 heteroatoms. The molecule has 51 heavy (non-hydrogen) atoms. The van der Waals surface area contributed by atoms with Gasteiger partial charge >= 0.3 is 0 Å². The van der Waals surface area contributed by atoms with Gasteiger partial charge in [-0.15, -0.1) is 0 Å². The van der Waals surface area contributed by atoms with Gasteiger partial charge in [-0.25, -0.2) is 4.98 Å². The van der Waals surface area contributed by atoms with Crippen LogP contribution in [0.5, 0.6) is 5.75 Å². The zero-order chi connectivity index (χ0) is 36.0. The molecule has 5 rings (SSSR count). The Balaban J connectivity index is 1.26. The minimum absolute atomic E-state index is 0.265. The van der Waals surface area contributed by atoms with Gasteiger partial charge in [0.1, 0.15) is 12.4 Å². The largest absolute Gasteiger partial charge is 0.611 e. The van der Waals surface area contributed by atoms with Crippen LogP contribution in [0, 0.1) is 0 Å². The number of imidazole rings is 1. The van der Waals surface area contributed by atoms with E-state index < -0.39 is 11.2 Å². The molecule has 0 bridgehead atoms. The number of hydrogen-bond acceptors (Lipinski definition) is 7. The van der Waals surface area contributed by atoms with E-state index in [0.29, 0.717) is 36.1 Å². The summed E-state index contributed by atoms with van der Waals surface area (Å²) in [7, 11) is 3.93. The summed E-state index contributed by atoms with van der Waals surface area (Å²) in [5, 5.41) is 7.25. The summed E-state index contributed by atoms with van der Waals surface area (Å²) in [6.45, 7) is 7.58. The molecule has 2 heterocycles. The molecular weight excluding hydrogens is 661 g/mol. The Bertz CT molecular complexity index is 1850. The topological polar surface area (TPSA) is 110 Å². The van der Waals surface area contributed by atoms with E-state index in [9.17, 15) is 9.35 Å². The van der Waals surface area contributed by atoms with Crippen molar-refractivity contribution in [2.45, 2.75) is 56.8 Å². The molecule has 0 aliphatic heterocycles. The summed E-state index contributed by atoms with van der Waals surface area (Å²) >= 11 is -1.23. The van der Waals surface area contributed by atoms with Gasteiger partial charge in [-0.3, -0.25) is 9.48 Å². The first-order chi connectivity index (χ1) is 24.8. The van der Waals surface area contributed by atoms with Crippen LogP contribution < -0.4 is 15.0 Å². The molecule has 5 aromatic rings. The Morgan fingerprint density at radius 1 is 0.980 bits per heavy atom. The van der Waals surface area contributed by atoms with Crippen molar-refractivity contribution in [3.63, 3.8) is 0 Å². The third-order valence-electron chi connectivity index (χ3n) is 8.28. The van der Waals surface area contributed by atoms with Crippen molar-refractivity contribution in [3.8, 4) is 16.9 Å². The Labute approximate surface area is 304 Å². The van der Waals surface area contributed by atoms with Crippen molar-refractivity contribution in [1.29, 1.82) is 0 Å². The molecule has 0 saturated carbocycles. The third-order valence-corrected chi connectivity index (χ3v) is 9.64. The summed E-state index contributed by atoms with van der Waals surface area (Å²) in [5.74, 6) is 0.914. The number of carbonyl (C=O) groups excluding carboxylic acids is 1. The quantitative estimate of drug-likeness (QED) is 0.0538. The first-order valence-corrected chi connectivity index (χ1v) is 18.7. The lowest BCUT2D eigenvalue weighted by Crippen LogP contribution is -2.17. The number of aromatic nitrogens is 4. The second-order valence-electron chi connectivity index (χ2n) is 12.4. The highest BCUT2D eigenvalue weighted by Crippen LogP contribution is 2.30. The maximum absolute atomic E-state index is 13.1. The van der Waals surface area contributed by atoms with Crippen molar-refractivity contribution in [2.24, 2.45) is 7.05 Å². The van der Waals surface area contributed by atoms with E-state index in [1.807, 2.05) is 61.4 Å². The van der Waals surface area contributed by atoms with Gasteiger partial charge in [-0.05, 0) is 95.3 Å². The van der Waals surface area contributed by atoms with Gasteiger partial charge in [0.05, 0.1) is 31.0 Å². The predicted molar refractivity (Wildman–Crippen MR) is 205 cm³/mol. The number of hydrogen-bond donors (Lipinski definition) is 1. The number of aryl methyl sites for hydroxylation is 2. The molecule has 1 amide bonds. The van der Waals surface area contributed by atoms with Crippen LogP contribution in [0.3, 0.4) is 0 Å². The van der Waals surface area contributed by atoms with Gasteiger partial charge in [-0.1, -0.05) is 38.5 Å². The van der Waals surface area contributed by atoms with Gasteiger partial charge in [0.2, 0.25) is 5.91 Å². The van der Waals surface area contributed by atoms with Gasteiger partial charge < -0.3 is 28.8 Å². The van der Waals surface area contributed by atoms with Crippen LogP contribution in [0.4, 0.5) is 11.4 Å². The normalized spacial score (nSPS) is 11.9. The molecule has 0 aliphatic rings. The van der Waals surface area contributed by atoms with Gasteiger partial charge in [0.15, 0.2) is 10.6 Å². The van der Waals surface area contributed by atoms with Gasteiger partial charge in [0.25, 0.3) is 0 Å². The number of unbranched alkanes of at least 4 members (excludes halogenated alkanes) is 1. The summed E-state index contributed by atoms with van der Waals surface area (Å²) in [6.07, 6.45) is 13.9. The molecule has 10 nitrogen and oxygen atoms in total. The van der Waals surface area contributed by atoms with Crippen LogP contribution in [0.15, 0.2) is 103 Å². The van der Waals surface area contributed by atoms with Gasteiger partial charge in [-0.2, -0.15) is 5.10 Å². The minimum atomic E-state index is -1.23. The average molecular weight is 709 g/mol. The maximum Gasteiger partial charge on any atom is 0.248 e. The van der Waals surface area contributed by atoms with Crippen LogP contribution >= 0.6 is 0 Å². The highest BCUT2D eigenvalue weighted by molar-refractivity contribution is 7.90. The highest BCUT2D eigenvalue weighted by Gasteiger charge is 2.16. The fourth-order valence-corrected chi connectivity index (χ4v) is 6.72. The zero-order valence-corrected chi connectivity index (χ0v) is 30.8. The molecule has 1 atom stereocenters. The van der Waals surface area contributed by atoms with Crippen molar-refractivity contribution in [3.05, 3.63) is 115 Å². The van der Waals surface area contributed by atoms with E-state index in [2.05, 4.69) is 52.3 Å². The van der Waals surface area contributed by atoms with Crippen LogP contribution in [0.25, 0.3) is 17.2 Å². The molecule has 0 aliphatic carbocycles. The molecule has 0 radical (unpaired) electrons. The third kappa shape index (κ3) is 11.1. The second-order valence-corrected chi connectivity index (χ2v) is 13.9. The Morgan fingerprint density at radius 3 is 2.49 bits per heavy atom. The predicted octanol–water partition coefficient (Wildman–Crippen LogP) is 7.49. The molecule has 1 unspecified atom stereocenters. The SMILES string of the molecule is CCCCOCCOc1ccc(-c2ccc(N(C)Cc3cnn(C)c3)c(/C=C/C(=O)Nc3ccc([S+]([O-])Cc4cncn4CCC)cc3)c2)cc1. The lowest BCUT2D eigenvalue weighted by molar-refractivity contribution is -0.111. The number of carbonyl (C=O) groups is 1. The zero-order valence-electron chi connectivity index (χ0n) is 30.0. The highest BCUT2D eigenvalue weighted by atomic mass is 32.2. The van der Waals surface area contributed by atoms with E-state index in [1.165, 1.54) is 0 Å². The van der Waals surface area contributed by atoms with E-state index in [-0.39, 0.29) is 5.91 Å². The van der Waals surface area contributed by atoms with Crippen LogP contribution in [0.1, 0.15) is 49.9 Å². The molecule has 1 N–H and O–H groups in total. The number of nitrogens with one attached hydrogen (secondary N) is 1. The van der Waals surface area contributed by atoms with Gasteiger partial charge in [0, 0.05) is 63.0 Å². The standard InChI is InChI=1S/C40H48N6O4S/c1-5-7-21-49-22-23-50-37-14-8-32(9-15-37)33-10-18-39(44(3)27-31-25-42-45(4)28-31)34(24-33)11-19-40(47)43-35-12-16-38(17-13-35)51(48)29-36-26-41-30-46(36)20-6-2/h8-19,24-26,28,30H,5-7,20-23,27,29H2,1-4H3,(H,43,47)/b19-11+. The summed E-state index contributed by atoms with van der Waals surface area (Å²) < 4.78 is 28.3. The molecular formula is C40H48N6O4S. The van der Waals surface area contributed by atoms with Crippen LogP contribution in [-0.2, 0) is 46.6 Å². The van der Waals surface area contributed by atoms with E-state index in [1.54, 1.807) is 47.5 Å². The first-order valence-electron chi connectivity index (χ1n) is 17.4. The first kappa shape index (κ1) is 37.4. The summed E-state index contributed by atoms with van der Waals surface area (Å²) in [6, 6.07) is 21.4. The number of ether oxygens (including phenoxy) is 2. The van der Waals surface area contributed by atoms with E-state index in [0.717, 1.165) is 71.8 Å². The summed E-state index contributed by atoms with van der Waals surface area (Å²) in [5.41, 5.74) is 6.57. The van der Waals surface area contributed by atoms with Crippen LogP contribution in [0.2, 0.25) is 0 Å². The smallest absolute Gasteiger partial charge is 0.248 e. The average Bonchev–Trinajstić information content (AvgIpc) is 3.76. The molecule has 0 spiro atoms. The summed E-state index contributed by atoms with van der Waals surface area (Å²) in [4.78, 5) is 20.2. The lowest BCUT2D eigenvalue weighted by Gasteiger charge is -2.22. The maximum atomic E-state index is 13.1. The Hall–Kier alpha value is -4.84. The number of rotatable bonds is 19. The Kier molecular flexibility index (Phi) is 13.9. The van der Waals surface area contributed by atoms with E-state index >= 15 is 0 Å². The molecule has 268 valence electrons. The Morgan fingerprint density at radius 2 is 1.76 bits per heavy atom. The molecule has 3 aromatic carbocycles. The number of amides is 1. The minimum Gasteiger partial charge on any atom is -0.611 e. The second kappa shape index (κ2) is 19.0. The fraction of sp³-hybridized carbons (Fsp3) is 0.325. The lowest BCUT2D eigenvalue weighted by atomic mass is 10.0.